The molecule has 1 aromatic carbocycles. The summed E-state index contributed by atoms with van der Waals surface area (Å²) >= 11 is 1.77. The molecule has 0 saturated heterocycles. The first kappa shape index (κ1) is 12.8. The summed E-state index contributed by atoms with van der Waals surface area (Å²) in [5.41, 5.74) is 8.43. The molecular weight excluding hydrogens is 252 g/mol. The van der Waals surface area contributed by atoms with Gasteiger partial charge >= 0.3 is 0 Å². The van der Waals surface area contributed by atoms with Gasteiger partial charge < -0.3 is 5.73 Å². The van der Waals surface area contributed by atoms with Crippen molar-refractivity contribution in [1.29, 1.82) is 0 Å². The second kappa shape index (κ2) is 5.85. The predicted molar refractivity (Wildman–Crippen MR) is 81.2 cm³/mol. The smallest absolute Gasteiger partial charge is 0.0932 e. The molecule has 1 aromatic heterocycles. The van der Waals surface area contributed by atoms with Crippen molar-refractivity contribution in [2.45, 2.75) is 38.1 Å². The zero-order valence-electron chi connectivity index (χ0n) is 11.1. The number of nitrogens with zero attached hydrogens (tertiary/aromatic N) is 1. The van der Waals surface area contributed by atoms with Gasteiger partial charge in [0.15, 0.2) is 0 Å². The average Bonchev–Trinajstić information content (AvgIpc) is 3.20. The van der Waals surface area contributed by atoms with E-state index in [9.17, 15) is 0 Å². The fourth-order valence-corrected chi connectivity index (χ4v) is 3.27. The summed E-state index contributed by atoms with van der Waals surface area (Å²) < 4.78 is 0. The molecule has 0 amide bonds. The second-order valence-electron chi connectivity index (χ2n) is 5.39. The van der Waals surface area contributed by atoms with Gasteiger partial charge in [-0.2, -0.15) is 0 Å². The number of benzene rings is 1. The minimum Gasteiger partial charge on any atom is -0.327 e. The zero-order chi connectivity index (χ0) is 13.1. The Morgan fingerprint density at radius 1 is 1.26 bits per heavy atom. The highest BCUT2D eigenvalue weighted by molar-refractivity contribution is 7.09. The lowest BCUT2D eigenvalue weighted by atomic mass is 10.1. The van der Waals surface area contributed by atoms with Crippen LogP contribution in [0, 0.1) is 5.92 Å². The van der Waals surface area contributed by atoms with Crippen LogP contribution < -0.4 is 5.73 Å². The molecule has 3 rings (SSSR count). The molecule has 1 aliphatic rings. The van der Waals surface area contributed by atoms with Crippen LogP contribution in [0.3, 0.4) is 0 Å². The Bertz CT molecular complexity index is 517. The van der Waals surface area contributed by atoms with Crippen molar-refractivity contribution < 1.29 is 0 Å². The van der Waals surface area contributed by atoms with E-state index in [1.54, 1.807) is 11.3 Å². The van der Waals surface area contributed by atoms with E-state index in [4.69, 9.17) is 10.7 Å². The van der Waals surface area contributed by atoms with Crippen molar-refractivity contribution in [3.63, 3.8) is 0 Å². The highest BCUT2D eigenvalue weighted by atomic mass is 32.1. The maximum Gasteiger partial charge on any atom is 0.0932 e. The SMILES string of the molecule is NC(CCCc1nc(-c2ccccc2)cs1)C1CC1. The molecule has 0 bridgehead atoms. The van der Waals surface area contributed by atoms with Crippen molar-refractivity contribution >= 4 is 11.3 Å². The molecule has 0 aliphatic heterocycles. The quantitative estimate of drug-likeness (QED) is 0.867. The first-order chi connectivity index (χ1) is 9.33. The van der Waals surface area contributed by atoms with E-state index in [1.165, 1.54) is 29.8 Å². The van der Waals surface area contributed by atoms with E-state index < -0.39 is 0 Å². The van der Waals surface area contributed by atoms with E-state index in [2.05, 4.69) is 29.6 Å². The lowest BCUT2D eigenvalue weighted by molar-refractivity contribution is 0.528. The third-order valence-corrected chi connectivity index (χ3v) is 4.69. The van der Waals surface area contributed by atoms with Gasteiger partial charge in [0.05, 0.1) is 10.7 Å². The minimum atomic E-state index is 0.425. The Morgan fingerprint density at radius 3 is 2.79 bits per heavy atom. The van der Waals surface area contributed by atoms with Crippen LogP contribution in [0.1, 0.15) is 30.7 Å². The molecule has 1 unspecified atom stereocenters. The van der Waals surface area contributed by atoms with Gasteiger partial charge in [0.25, 0.3) is 0 Å². The van der Waals surface area contributed by atoms with Gasteiger partial charge in [0.2, 0.25) is 0 Å². The average molecular weight is 272 g/mol. The zero-order valence-corrected chi connectivity index (χ0v) is 11.9. The Morgan fingerprint density at radius 2 is 2.05 bits per heavy atom. The van der Waals surface area contributed by atoms with Crippen LogP contribution in [0.2, 0.25) is 0 Å². The third-order valence-electron chi connectivity index (χ3n) is 3.78. The molecular formula is C16H20N2S. The normalized spacial score (nSPS) is 16.5. The van der Waals surface area contributed by atoms with Gasteiger partial charge in [0.1, 0.15) is 0 Å². The van der Waals surface area contributed by atoms with Gasteiger partial charge in [-0.05, 0) is 38.0 Å². The van der Waals surface area contributed by atoms with Crippen LogP contribution in [-0.4, -0.2) is 11.0 Å². The van der Waals surface area contributed by atoms with E-state index >= 15 is 0 Å². The van der Waals surface area contributed by atoms with Gasteiger partial charge in [-0.1, -0.05) is 30.3 Å². The molecule has 2 nitrogen and oxygen atoms in total. The van der Waals surface area contributed by atoms with Crippen LogP contribution in [0.15, 0.2) is 35.7 Å². The number of hydrogen-bond donors (Lipinski definition) is 1. The van der Waals surface area contributed by atoms with Crippen LogP contribution in [0.5, 0.6) is 0 Å². The molecule has 1 saturated carbocycles. The fourth-order valence-electron chi connectivity index (χ4n) is 2.42. The Balaban J connectivity index is 1.53. The standard InChI is InChI=1S/C16H20N2S/c17-14(12-9-10-12)7-4-8-16-18-15(11-19-16)13-5-2-1-3-6-13/h1-3,5-6,11-12,14H,4,7-10,17H2. The van der Waals surface area contributed by atoms with Crippen molar-refractivity contribution in [3.05, 3.63) is 40.7 Å². The number of nitrogens with two attached hydrogens (primary N) is 1. The highest BCUT2D eigenvalue weighted by Gasteiger charge is 2.27. The molecule has 1 atom stereocenters. The Kier molecular flexibility index (Phi) is 3.95. The molecule has 0 radical (unpaired) electrons. The molecule has 3 heteroatoms. The van der Waals surface area contributed by atoms with Gasteiger partial charge in [-0.25, -0.2) is 4.98 Å². The number of hydrogen-bond acceptors (Lipinski definition) is 3. The van der Waals surface area contributed by atoms with Crippen molar-refractivity contribution in [2.75, 3.05) is 0 Å². The lowest BCUT2D eigenvalue weighted by Crippen LogP contribution is -2.22. The van der Waals surface area contributed by atoms with Crippen LogP contribution in [0.25, 0.3) is 11.3 Å². The monoisotopic (exact) mass is 272 g/mol. The molecule has 1 heterocycles. The third kappa shape index (κ3) is 3.43. The summed E-state index contributed by atoms with van der Waals surface area (Å²) in [6.07, 6.45) is 6.06. The summed E-state index contributed by atoms with van der Waals surface area (Å²) in [5, 5.41) is 3.40. The molecule has 1 aliphatic carbocycles. The Hall–Kier alpha value is -1.19. The molecule has 2 aromatic rings. The first-order valence-corrected chi connectivity index (χ1v) is 7.96. The van der Waals surface area contributed by atoms with E-state index in [1.807, 2.05) is 6.07 Å². The highest BCUT2D eigenvalue weighted by Crippen LogP contribution is 2.33. The topological polar surface area (TPSA) is 38.9 Å². The minimum absolute atomic E-state index is 0.425. The van der Waals surface area contributed by atoms with Gasteiger partial charge in [-0.3, -0.25) is 0 Å². The number of aromatic nitrogens is 1. The van der Waals surface area contributed by atoms with E-state index in [0.29, 0.717) is 6.04 Å². The second-order valence-corrected chi connectivity index (χ2v) is 6.33. The number of rotatable bonds is 6. The molecule has 19 heavy (non-hydrogen) atoms. The van der Waals surface area contributed by atoms with Crippen LogP contribution >= 0.6 is 11.3 Å². The van der Waals surface area contributed by atoms with Crippen molar-refractivity contribution in [1.82, 2.24) is 4.98 Å². The van der Waals surface area contributed by atoms with E-state index in [-0.39, 0.29) is 0 Å². The molecule has 2 N–H and O–H groups in total. The van der Waals surface area contributed by atoms with Gasteiger partial charge in [-0.15, -0.1) is 11.3 Å². The first-order valence-electron chi connectivity index (χ1n) is 7.08. The number of thiazole rings is 1. The van der Waals surface area contributed by atoms with Gasteiger partial charge in [0, 0.05) is 17.0 Å². The summed E-state index contributed by atoms with van der Waals surface area (Å²) in [5.74, 6) is 0.816. The van der Waals surface area contributed by atoms with E-state index in [0.717, 1.165) is 24.5 Å². The summed E-state index contributed by atoms with van der Waals surface area (Å²) in [4.78, 5) is 4.72. The largest absolute Gasteiger partial charge is 0.327 e. The molecule has 100 valence electrons. The Labute approximate surface area is 118 Å². The van der Waals surface area contributed by atoms with Crippen molar-refractivity contribution in [2.24, 2.45) is 11.7 Å². The maximum absolute atomic E-state index is 6.12. The summed E-state index contributed by atoms with van der Waals surface area (Å²) in [6.45, 7) is 0. The van der Waals surface area contributed by atoms with Crippen molar-refractivity contribution in [3.8, 4) is 11.3 Å². The fraction of sp³-hybridized carbons (Fsp3) is 0.438. The summed E-state index contributed by atoms with van der Waals surface area (Å²) in [7, 11) is 0. The maximum atomic E-state index is 6.12. The predicted octanol–water partition coefficient (Wildman–Crippen LogP) is 3.87. The van der Waals surface area contributed by atoms with Crippen LogP contribution in [-0.2, 0) is 6.42 Å². The van der Waals surface area contributed by atoms with Crippen LogP contribution in [0.4, 0.5) is 0 Å². The molecule has 0 spiro atoms. The lowest BCUT2D eigenvalue weighted by Gasteiger charge is -2.08. The molecule has 1 fully saturated rings. The summed E-state index contributed by atoms with van der Waals surface area (Å²) in [6, 6.07) is 10.8. The number of aryl methyl sites for hydroxylation is 1.